The number of unbranched alkanes of at least 4 members (excludes halogenated alkanes) is 2. The minimum atomic E-state index is -0.879. The van der Waals surface area contributed by atoms with Gasteiger partial charge in [0.2, 0.25) is 11.8 Å². The van der Waals surface area contributed by atoms with Gasteiger partial charge in [0.25, 0.3) is 0 Å². The first kappa shape index (κ1) is 39.6. The van der Waals surface area contributed by atoms with Crippen LogP contribution in [0.15, 0.2) is 97.1 Å². The first-order valence-electron chi connectivity index (χ1n) is 18.8. The van der Waals surface area contributed by atoms with E-state index >= 15 is 0 Å². The minimum Gasteiger partial charge on any atom is -0.392 e. The van der Waals surface area contributed by atoms with Gasteiger partial charge >= 0.3 is 0 Å². The fraction of sp³-hybridized carbons (Fsp3) is 0.395. The summed E-state index contributed by atoms with van der Waals surface area (Å²) < 4.78 is 13.3. The van der Waals surface area contributed by atoms with Gasteiger partial charge < -0.3 is 29.9 Å². The maximum absolute atomic E-state index is 12.4. The molecule has 2 aliphatic heterocycles. The van der Waals surface area contributed by atoms with E-state index in [2.05, 4.69) is 28.4 Å². The lowest BCUT2D eigenvalue weighted by atomic mass is 9.84. The van der Waals surface area contributed by atoms with Crippen molar-refractivity contribution < 1.29 is 34.5 Å². The van der Waals surface area contributed by atoms with E-state index in [9.17, 15) is 19.8 Å². The number of ether oxygens (including phenoxy) is 2. The van der Waals surface area contributed by atoms with Gasteiger partial charge in [0.05, 0.1) is 24.4 Å². The number of rotatable bonds is 15. The second-order valence-electron chi connectivity index (χ2n) is 14.4. The fourth-order valence-electron chi connectivity index (χ4n) is 7.26. The van der Waals surface area contributed by atoms with Crippen molar-refractivity contribution in [1.29, 1.82) is 0 Å². The Hall–Kier alpha value is -4.13. The monoisotopic (exact) mass is 755 g/mol. The van der Waals surface area contributed by atoms with Crippen LogP contribution in [0.4, 0.5) is 0 Å². The van der Waals surface area contributed by atoms with E-state index in [1.807, 2.05) is 78.9 Å². The van der Waals surface area contributed by atoms with Gasteiger partial charge in [-0.25, -0.2) is 5.48 Å². The van der Waals surface area contributed by atoms with Crippen molar-refractivity contribution in [3.8, 4) is 11.1 Å². The third kappa shape index (κ3) is 10.8. The number of halogens is 1. The first-order valence-corrected chi connectivity index (χ1v) is 19.2. The number of hydrogen-bond acceptors (Lipinski definition) is 8. The second kappa shape index (κ2) is 19.0. The molecular weight excluding hydrogens is 706 g/mol. The molecule has 0 unspecified atom stereocenters. The van der Waals surface area contributed by atoms with E-state index < -0.39 is 17.8 Å². The summed E-state index contributed by atoms with van der Waals surface area (Å²) in [4.78, 5) is 25.9. The maximum atomic E-state index is 12.4. The molecule has 2 fully saturated rings. The number of aliphatic hydroxyl groups excluding tert-OH is 1. The van der Waals surface area contributed by atoms with Crippen LogP contribution in [0.25, 0.3) is 11.1 Å². The molecule has 0 aliphatic carbocycles. The van der Waals surface area contributed by atoms with Gasteiger partial charge in [-0.3, -0.25) is 14.8 Å². The Kier molecular flexibility index (Phi) is 13.9. The van der Waals surface area contributed by atoms with Crippen LogP contribution in [-0.4, -0.2) is 57.9 Å². The normalized spacial score (nSPS) is 20.0. The van der Waals surface area contributed by atoms with Crippen LogP contribution >= 0.6 is 11.6 Å². The van der Waals surface area contributed by atoms with Gasteiger partial charge in [-0.2, -0.15) is 0 Å². The number of likely N-dealkylation sites (tertiary alicyclic amines) is 1. The van der Waals surface area contributed by atoms with Gasteiger partial charge in [-0.05, 0) is 77.3 Å². The number of piperidine rings is 1. The molecule has 6 rings (SSSR count). The van der Waals surface area contributed by atoms with E-state index in [1.54, 1.807) is 5.48 Å². The summed E-state index contributed by atoms with van der Waals surface area (Å²) >= 11 is 6.09. The Morgan fingerprint density at radius 1 is 0.796 bits per heavy atom. The number of hydrogen-bond donors (Lipinski definition) is 5. The van der Waals surface area contributed by atoms with Crippen molar-refractivity contribution in [3.05, 3.63) is 130 Å². The van der Waals surface area contributed by atoms with Crippen LogP contribution in [0.1, 0.15) is 91.6 Å². The summed E-state index contributed by atoms with van der Waals surface area (Å²) in [5.74, 6) is -0.450. The molecule has 0 spiro atoms. The van der Waals surface area contributed by atoms with Gasteiger partial charge in [0.15, 0.2) is 6.29 Å². The highest BCUT2D eigenvalue weighted by atomic mass is 35.5. The van der Waals surface area contributed by atoms with Crippen molar-refractivity contribution in [3.63, 3.8) is 0 Å². The van der Waals surface area contributed by atoms with Crippen LogP contribution in [0.2, 0.25) is 5.02 Å². The van der Waals surface area contributed by atoms with Gasteiger partial charge in [-0.1, -0.05) is 96.9 Å². The molecule has 2 aliphatic rings. The predicted molar refractivity (Wildman–Crippen MR) is 206 cm³/mol. The zero-order chi connectivity index (χ0) is 37.9. The van der Waals surface area contributed by atoms with Crippen LogP contribution in [-0.2, 0) is 37.8 Å². The highest BCUT2D eigenvalue weighted by molar-refractivity contribution is 6.30. The molecule has 2 amide bonds. The lowest BCUT2D eigenvalue weighted by Crippen LogP contribution is -2.46. The Morgan fingerprint density at radius 3 is 2.17 bits per heavy atom. The number of benzene rings is 4. The van der Waals surface area contributed by atoms with Gasteiger partial charge in [-0.15, -0.1) is 0 Å². The second-order valence-corrected chi connectivity index (χ2v) is 14.8. The van der Waals surface area contributed by atoms with Crippen LogP contribution < -0.4 is 10.8 Å². The molecule has 3 atom stereocenters. The molecule has 0 radical (unpaired) electrons. The van der Waals surface area contributed by atoms with Gasteiger partial charge in [0.1, 0.15) is 0 Å². The number of amides is 2. The summed E-state index contributed by atoms with van der Waals surface area (Å²) in [5, 5.41) is 33.3. The summed E-state index contributed by atoms with van der Waals surface area (Å²) in [6.45, 7) is 2.60. The van der Waals surface area contributed by atoms with Crippen LogP contribution in [0.3, 0.4) is 0 Å². The zero-order valence-corrected chi connectivity index (χ0v) is 31.2. The third-order valence-electron chi connectivity index (χ3n) is 10.5. The topological polar surface area (TPSA) is 141 Å². The minimum absolute atomic E-state index is 0.0160. The lowest BCUT2D eigenvalue weighted by Gasteiger charge is -2.42. The molecule has 2 saturated heterocycles. The summed E-state index contributed by atoms with van der Waals surface area (Å²) in [5.41, 5.74) is 7.49. The molecule has 11 heteroatoms. The Balaban J connectivity index is 1.08. The maximum Gasteiger partial charge on any atom is 0.243 e. The molecule has 5 N–H and O–H groups in total. The number of nitrogens with zero attached hydrogens (tertiary/aromatic N) is 1. The Labute approximate surface area is 322 Å². The number of nitrogens with one attached hydrogen (secondary N) is 2. The SMILES string of the molecule is O=C(CCCCCC(=O)NCc1cccc(-c2ccc([C@@H]3O[C@H](CN4CCC(O)(c5ccc(Cl)cc5)CC4)C[C@H](c4ccc(CO)cc4)O3)cc2)c1)NO. The Bertz CT molecular complexity index is 1810. The molecule has 286 valence electrons. The van der Waals surface area contributed by atoms with E-state index in [0.717, 1.165) is 58.5 Å². The van der Waals surface area contributed by atoms with E-state index in [-0.39, 0.29) is 31.1 Å². The molecule has 4 aromatic rings. The highest BCUT2D eigenvalue weighted by Gasteiger charge is 2.37. The third-order valence-corrected chi connectivity index (χ3v) is 10.8. The van der Waals surface area contributed by atoms with Crippen molar-refractivity contribution >= 4 is 23.4 Å². The molecule has 10 nitrogen and oxygen atoms in total. The van der Waals surface area contributed by atoms with Crippen molar-refractivity contribution in [2.24, 2.45) is 0 Å². The summed E-state index contributed by atoms with van der Waals surface area (Å²) in [7, 11) is 0. The molecule has 0 saturated carbocycles. The average molecular weight is 756 g/mol. The number of carbonyl (C=O) groups is 2. The lowest BCUT2D eigenvalue weighted by molar-refractivity contribution is -0.253. The smallest absolute Gasteiger partial charge is 0.243 e. The van der Waals surface area contributed by atoms with Crippen LogP contribution in [0.5, 0.6) is 0 Å². The Morgan fingerprint density at radius 2 is 1.48 bits per heavy atom. The molecule has 54 heavy (non-hydrogen) atoms. The number of hydroxylamine groups is 1. The molecular formula is C43H50ClN3O7. The average Bonchev–Trinajstić information content (AvgIpc) is 3.21. The number of carbonyl (C=O) groups excluding carboxylic acids is 2. The fourth-order valence-corrected chi connectivity index (χ4v) is 7.39. The van der Waals surface area contributed by atoms with E-state index in [1.165, 1.54) is 0 Å². The zero-order valence-electron chi connectivity index (χ0n) is 30.5. The summed E-state index contributed by atoms with van der Waals surface area (Å²) in [6.07, 6.45) is 3.70. The van der Waals surface area contributed by atoms with E-state index in [0.29, 0.717) is 56.6 Å². The van der Waals surface area contributed by atoms with Crippen molar-refractivity contribution in [2.45, 2.75) is 88.6 Å². The highest BCUT2D eigenvalue weighted by Crippen LogP contribution is 2.40. The quantitative estimate of drug-likeness (QED) is 0.0492. The van der Waals surface area contributed by atoms with Crippen molar-refractivity contribution in [2.75, 3.05) is 19.6 Å². The van der Waals surface area contributed by atoms with Gasteiger partial charge in [0, 0.05) is 56.0 Å². The van der Waals surface area contributed by atoms with E-state index in [4.69, 9.17) is 26.3 Å². The molecule has 0 aromatic heterocycles. The molecule has 4 aromatic carbocycles. The first-order chi connectivity index (χ1) is 26.2. The molecule has 2 heterocycles. The predicted octanol–water partition coefficient (Wildman–Crippen LogP) is 7.10. The van der Waals surface area contributed by atoms with Crippen molar-refractivity contribution in [1.82, 2.24) is 15.7 Å². The standard InChI is InChI=1S/C43H50ClN3O7/c44-37-19-17-36(18-20-37)43(51)21-23-47(24-22-43)28-38-26-39(33-11-9-30(29-48)10-12-33)54-42(53-38)34-15-13-32(14-16-34)35-6-4-5-31(25-35)27-45-40(49)7-2-1-3-8-41(50)46-52/h4-6,9-20,25,38-39,42,48,51-52H,1-3,7-8,21-24,26-29H2,(H,45,49)(H,46,50)/t38-,39+,42+/m0/s1. The summed E-state index contributed by atoms with van der Waals surface area (Å²) in [6, 6.07) is 31.7. The largest absolute Gasteiger partial charge is 0.392 e. The number of aliphatic hydroxyl groups is 2. The van der Waals surface area contributed by atoms with Crippen LogP contribution in [0, 0.1) is 0 Å². The molecule has 0 bridgehead atoms.